The Balaban J connectivity index is 2.68. The molecular formula is C15H22N+. The molecule has 1 aliphatic rings. The van der Waals surface area contributed by atoms with Crippen LogP contribution < -0.4 is 4.48 Å². The number of rotatable bonds is 2. The fraction of sp³-hybridized carbons (Fsp3) is 0.467. The van der Waals surface area contributed by atoms with Gasteiger partial charge >= 0.3 is 0 Å². The highest BCUT2D eigenvalue weighted by molar-refractivity contribution is 5.81. The van der Waals surface area contributed by atoms with Crippen LogP contribution in [0.15, 0.2) is 30.5 Å². The number of hydrogen-bond donors (Lipinski definition) is 0. The summed E-state index contributed by atoms with van der Waals surface area (Å²) < 4.78 is 0.988. The van der Waals surface area contributed by atoms with Crippen molar-refractivity contribution in [1.29, 1.82) is 0 Å². The third-order valence-corrected chi connectivity index (χ3v) is 3.86. The third kappa shape index (κ3) is 1.35. The minimum atomic E-state index is 0.582. The summed E-state index contributed by atoms with van der Waals surface area (Å²) in [4.78, 5) is 0. The van der Waals surface area contributed by atoms with Crippen LogP contribution in [-0.4, -0.2) is 12.1 Å². The van der Waals surface area contributed by atoms with Crippen molar-refractivity contribution in [1.82, 2.24) is 4.48 Å². The highest BCUT2D eigenvalue weighted by Crippen LogP contribution is 2.43. The Kier molecular flexibility index (Phi) is 2.67. The van der Waals surface area contributed by atoms with Gasteiger partial charge in [-0.15, -0.1) is 0 Å². The molecule has 0 fully saturated rings. The van der Waals surface area contributed by atoms with E-state index < -0.39 is 0 Å². The highest BCUT2D eigenvalue weighted by atomic mass is 15.4. The monoisotopic (exact) mass is 216 g/mol. The Labute approximate surface area is 99.0 Å². The van der Waals surface area contributed by atoms with Crippen molar-refractivity contribution in [3.8, 4) is 0 Å². The van der Waals surface area contributed by atoms with Gasteiger partial charge in [0.05, 0.1) is 12.1 Å². The molecule has 0 saturated heterocycles. The second-order valence-corrected chi connectivity index (χ2v) is 5.35. The number of fused-ring (bicyclic) bond motifs is 1. The van der Waals surface area contributed by atoms with Crippen LogP contribution in [0.1, 0.15) is 40.2 Å². The zero-order valence-corrected chi connectivity index (χ0v) is 11.0. The zero-order valence-electron chi connectivity index (χ0n) is 11.0. The Hall–Kier alpha value is -1.08. The first-order valence-electron chi connectivity index (χ1n) is 6.17. The predicted molar refractivity (Wildman–Crippen MR) is 72.2 cm³/mol. The molecule has 0 aliphatic carbocycles. The number of allylic oxidation sites excluding steroid dienone is 1. The van der Waals surface area contributed by atoms with E-state index in [-0.39, 0.29) is 0 Å². The number of para-hydroxylation sites is 1. The second-order valence-electron chi connectivity index (χ2n) is 5.35. The van der Waals surface area contributed by atoms with Crippen molar-refractivity contribution in [3.63, 3.8) is 0 Å². The van der Waals surface area contributed by atoms with Crippen LogP contribution in [0.5, 0.6) is 0 Å². The molecule has 86 valence electrons. The van der Waals surface area contributed by atoms with Gasteiger partial charge < -0.3 is 0 Å². The molecule has 16 heavy (non-hydrogen) atoms. The van der Waals surface area contributed by atoms with E-state index in [2.05, 4.69) is 65.1 Å². The summed E-state index contributed by atoms with van der Waals surface area (Å²) in [5.74, 6) is 0. The van der Waals surface area contributed by atoms with Gasteiger partial charge in [-0.2, -0.15) is 0 Å². The maximum atomic E-state index is 2.43. The average molecular weight is 216 g/mol. The maximum absolute atomic E-state index is 2.43. The van der Waals surface area contributed by atoms with Crippen LogP contribution in [0, 0.1) is 0 Å². The summed E-state index contributed by atoms with van der Waals surface area (Å²) >= 11 is 0. The molecule has 0 amide bonds. The minimum Gasteiger partial charge on any atom is -0.260 e. The van der Waals surface area contributed by atoms with E-state index in [1.165, 1.54) is 16.8 Å². The summed E-state index contributed by atoms with van der Waals surface area (Å²) in [5.41, 5.74) is 4.30. The lowest BCUT2D eigenvalue weighted by Gasteiger charge is -2.40. The molecule has 1 heteroatoms. The maximum Gasteiger partial charge on any atom is 0.145 e. The molecule has 0 N–H and O–H groups in total. The first-order chi connectivity index (χ1) is 7.50. The van der Waals surface area contributed by atoms with Crippen molar-refractivity contribution in [3.05, 3.63) is 36.0 Å². The van der Waals surface area contributed by atoms with Gasteiger partial charge in [-0.05, 0) is 40.7 Å². The summed E-state index contributed by atoms with van der Waals surface area (Å²) in [6, 6.07) is 9.98. The molecule has 1 nitrogen and oxygen atoms in total. The quantitative estimate of drug-likeness (QED) is 0.650. The standard InChI is InChI=1S/C15H22N/c1-11(2)16(12(3)4)10-13(5)14-8-6-7-9-15(14)16/h6-12H,1-5H3/q+1. The van der Waals surface area contributed by atoms with Gasteiger partial charge in [0, 0.05) is 17.2 Å². The number of quaternary nitrogens is 1. The number of nitrogens with zero attached hydrogens (tertiary/aromatic N) is 1. The molecule has 1 aromatic carbocycles. The SMILES string of the molecule is CC1=C[N+](C(C)C)(C(C)C)c2ccccc21. The first-order valence-corrected chi connectivity index (χ1v) is 6.17. The van der Waals surface area contributed by atoms with Crippen molar-refractivity contribution >= 4 is 11.3 Å². The largest absolute Gasteiger partial charge is 0.260 e. The Morgan fingerprint density at radius 2 is 1.50 bits per heavy atom. The summed E-state index contributed by atoms with van der Waals surface area (Å²) in [5, 5.41) is 0. The smallest absolute Gasteiger partial charge is 0.145 e. The Morgan fingerprint density at radius 1 is 0.938 bits per heavy atom. The van der Waals surface area contributed by atoms with Crippen molar-refractivity contribution in [2.75, 3.05) is 0 Å². The molecule has 0 aromatic heterocycles. The van der Waals surface area contributed by atoms with E-state index in [0.29, 0.717) is 12.1 Å². The number of benzene rings is 1. The predicted octanol–water partition coefficient (Wildman–Crippen LogP) is 4.19. The van der Waals surface area contributed by atoms with Gasteiger partial charge in [-0.25, -0.2) is 0 Å². The number of hydrogen-bond acceptors (Lipinski definition) is 0. The van der Waals surface area contributed by atoms with Crippen molar-refractivity contribution in [2.24, 2.45) is 0 Å². The van der Waals surface area contributed by atoms with Gasteiger partial charge in [0.15, 0.2) is 0 Å². The molecule has 0 bridgehead atoms. The van der Waals surface area contributed by atoms with Crippen molar-refractivity contribution in [2.45, 2.75) is 46.7 Å². The molecule has 1 heterocycles. The second kappa shape index (κ2) is 3.74. The molecule has 1 aromatic rings. The van der Waals surface area contributed by atoms with E-state index in [4.69, 9.17) is 0 Å². The lowest BCUT2D eigenvalue weighted by atomic mass is 10.1. The molecule has 1 aliphatic heterocycles. The molecule has 2 rings (SSSR count). The Bertz CT molecular complexity index is 419. The van der Waals surface area contributed by atoms with Gasteiger partial charge in [-0.3, -0.25) is 4.48 Å². The lowest BCUT2D eigenvalue weighted by molar-refractivity contribution is 0.260. The van der Waals surface area contributed by atoms with Crippen LogP contribution in [0.3, 0.4) is 0 Å². The van der Waals surface area contributed by atoms with Crippen LogP contribution in [0.2, 0.25) is 0 Å². The van der Waals surface area contributed by atoms with Gasteiger partial charge in [0.25, 0.3) is 0 Å². The van der Waals surface area contributed by atoms with Gasteiger partial charge in [0.1, 0.15) is 11.9 Å². The fourth-order valence-corrected chi connectivity index (χ4v) is 3.06. The van der Waals surface area contributed by atoms with E-state index in [9.17, 15) is 0 Å². The van der Waals surface area contributed by atoms with E-state index in [0.717, 1.165) is 4.48 Å². The fourth-order valence-electron chi connectivity index (χ4n) is 3.06. The van der Waals surface area contributed by atoms with E-state index >= 15 is 0 Å². The molecule has 0 unspecified atom stereocenters. The van der Waals surface area contributed by atoms with Crippen LogP contribution >= 0.6 is 0 Å². The lowest BCUT2D eigenvalue weighted by Crippen LogP contribution is -2.53. The minimum absolute atomic E-state index is 0.582. The van der Waals surface area contributed by atoms with Crippen molar-refractivity contribution < 1.29 is 0 Å². The first kappa shape index (κ1) is 11.4. The van der Waals surface area contributed by atoms with Crippen LogP contribution in [-0.2, 0) is 0 Å². The topological polar surface area (TPSA) is 0 Å². The third-order valence-electron chi connectivity index (χ3n) is 3.86. The zero-order chi connectivity index (χ0) is 11.9. The highest BCUT2D eigenvalue weighted by Gasteiger charge is 2.42. The molecular weight excluding hydrogens is 194 g/mol. The molecule has 0 radical (unpaired) electrons. The van der Waals surface area contributed by atoms with E-state index in [1.807, 2.05) is 0 Å². The molecule has 0 saturated carbocycles. The molecule has 0 atom stereocenters. The molecule has 0 spiro atoms. The van der Waals surface area contributed by atoms with Gasteiger partial charge in [-0.1, -0.05) is 12.1 Å². The summed E-state index contributed by atoms with van der Waals surface area (Å²) in [6.45, 7) is 11.5. The van der Waals surface area contributed by atoms with Crippen LogP contribution in [0.25, 0.3) is 5.57 Å². The normalized spacial score (nSPS) is 17.8. The van der Waals surface area contributed by atoms with E-state index in [1.54, 1.807) is 0 Å². The average Bonchev–Trinajstić information content (AvgIpc) is 2.54. The van der Waals surface area contributed by atoms with Gasteiger partial charge in [0.2, 0.25) is 0 Å². The summed E-state index contributed by atoms with van der Waals surface area (Å²) in [7, 11) is 0. The van der Waals surface area contributed by atoms with Crippen LogP contribution in [0.4, 0.5) is 5.69 Å². The Morgan fingerprint density at radius 3 is 2.06 bits per heavy atom. The summed E-state index contributed by atoms with van der Waals surface area (Å²) in [6.07, 6.45) is 2.43.